The van der Waals surface area contributed by atoms with Crippen LogP contribution in [0.1, 0.15) is 24.8 Å². The van der Waals surface area contributed by atoms with Gasteiger partial charge in [0.25, 0.3) is 0 Å². The van der Waals surface area contributed by atoms with Gasteiger partial charge in [0, 0.05) is 6.61 Å². The lowest BCUT2D eigenvalue weighted by Crippen LogP contribution is -2.30. The van der Waals surface area contributed by atoms with E-state index in [1.54, 1.807) is 0 Å². The van der Waals surface area contributed by atoms with Crippen LogP contribution in [0.15, 0.2) is 30.3 Å². The van der Waals surface area contributed by atoms with Gasteiger partial charge in [-0.15, -0.1) is 0 Å². The Balaban J connectivity index is 1.51. The quantitative estimate of drug-likeness (QED) is 0.763. The summed E-state index contributed by atoms with van der Waals surface area (Å²) in [4.78, 5) is 0. The minimum absolute atomic E-state index is 0.834. The molecule has 0 saturated carbocycles. The number of hydrogen-bond donors (Lipinski definition) is 1. The molecule has 1 aliphatic heterocycles. The van der Waals surface area contributed by atoms with Gasteiger partial charge in [0.15, 0.2) is 0 Å². The van der Waals surface area contributed by atoms with Crippen molar-refractivity contribution in [3.63, 3.8) is 0 Å². The van der Waals surface area contributed by atoms with Gasteiger partial charge in [-0.25, -0.2) is 0 Å². The fourth-order valence-electron chi connectivity index (χ4n) is 2.36. The number of rotatable bonds is 6. The Kier molecular flexibility index (Phi) is 5.53. The molecule has 1 aromatic rings. The Morgan fingerprint density at radius 3 is 2.82 bits per heavy atom. The largest absolute Gasteiger partial charge is 0.381 e. The van der Waals surface area contributed by atoms with E-state index in [4.69, 9.17) is 4.74 Å². The first-order chi connectivity index (χ1) is 8.45. The second-order valence-electron chi connectivity index (χ2n) is 4.85. The van der Waals surface area contributed by atoms with E-state index in [1.165, 1.54) is 37.9 Å². The molecule has 2 rings (SSSR count). The van der Waals surface area contributed by atoms with Gasteiger partial charge in [0.05, 0.1) is 6.61 Å². The summed E-state index contributed by atoms with van der Waals surface area (Å²) in [7, 11) is 0. The molecular weight excluding hydrogens is 210 g/mol. The monoisotopic (exact) mass is 233 g/mol. The van der Waals surface area contributed by atoms with Crippen LogP contribution in [-0.2, 0) is 11.2 Å². The second-order valence-corrected chi connectivity index (χ2v) is 4.85. The first-order valence-corrected chi connectivity index (χ1v) is 6.77. The van der Waals surface area contributed by atoms with Crippen molar-refractivity contribution in [3.8, 4) is 0 Å². The zero-order valence-corrected chi connectivity index (χ0v) is 10.5. The summed E-state index contributed by atoms with van der Waals surface area (Å²) in [6.07, 6.45) is 4.94. The lowest BCUT2D eigenvalue weighted by molar-refractivity contribution is 0.118. The van der Waals surface area contributed by atoms with Crippen LogP contribution in [0.3, 0.4) is 0 Å². The maximum atomic E-state index is 5.71. The zero-order chi connectivity index (χ0) is 11.8. The standard InChI is InChI=1S/C15H23NO/c1-2-5-14(6-3-1)8-11-17-12-9-15-7-4-10-16-13-15/h1-3,5-6,15-16H,4,7-13H2. The van der Waals surface area contributed by atoms with E-state index in [-0.39, 0.29) is 0 Å². The molecule has 1 fully saturated rings. The summed E-state index contributed by atoms with van der Waals surface area (Å²) in [5.74, 6) is 0.834. The first-order valence-electron chi connectivity index (χ1n) is 6.77. The van der Waals surface area contributed by atoms with Crippen molar-refractivity contribution in [1.82, 2.24) is 5.32 Å². The molecule has 0 aliphatic carbocycles. The molecule has 0 bridgehead atoms. The smallest absolute Gasteiger partial charge is 0.0506 e. The van der Waals surface area contributed by atoms with Crippen molar-refractivity contribution < 1.29 is 4.74 Å². The molecule has 2 nitrogen and oxygen atoms in total. The molecule has 1 saturated heterocycles. The highest BCUT2D eigenvalue weighted by Crippen LogP contribution is 2.13. The summed E-state index contributed by atoms with van der Waals surface area (Å²) in [5.41, 5.74) is 1.37. The van der Waals surface area contributed by atoms with E-state index < -0.39 is 0 Å². The third-order valence-electron chi connectivity index (χ3n) is 3.45. The van der Waals surface area contributed by atoms with Crippen molar-refractivity contribution >= 4 is 0 Å². The zero-order valence-electron chi connectivity index (χ0n) is 10.5. The molecule has 1 heterocycles. The number of nitrogens with one attached hydrogen (secondary N) is 1. The molecule has 0 spiro atoms. The SMILES string of the molecule is c1ccc(CCOCCC2CCCNC2)cc1. The molecule has 1 atom stereocenters. The lowest BCUT2D eigenvalue weighted by Gasteiger charge is -2.22. The highest BCUT2D eigenvalue weighted by molar-refractivity contribution is 5.14. The van der Waals surface area contributed by atoms with Gasteiger partial charge in [-0.1, -0.05) is 30.3 Å². The predicted molar refractivity (Wildman–Crippen MR) is 71.2 cm³/mol. The molecule has 2 heteroatoms. The molecule has 1 aliphatic rings. The molecule has 0 amide bonds. The third kappa shape index (κ3) is 4.88. The van der Waals surface area contributed by atoms with Gasteiger partial charge >= 0.3 is 0 Å². The minimum Gasteiger partial charge on any atom is -0.381 e. The van der Waals surface area contributed by atoms with Crippen LogP contribution in [0, 0.1) is 5.92 Å². The Hall–Kier alpha value is -0.860. The Morgan fingerprint density at radius 2 is 2.06 bits per heavy atom. The van der Waals surface area contributed by atoms with Gasteiger partial charge in [-0.3, -0.25) is 0 Å². The third-order valence-corrected chi connectivity index (χ3v) is 3.45. The number of hydrogen-bond acceptors (Lipinski definition) is 2. The first kappa shape index (κ1) is 12.6. The van der Waals surface area contributed by atoms with Gasteiger partial charge in [-0.2, -0.15) is 0 Å². The van der Waals surface area contributed by atoms with Crippen molar-refractivity contribution in [1.29, 1.82) is 0 Å². The Morgan fingerprint density at radius 1 is 1.18 bits per heavy atom. The van der Waals surface area contributed by atoms with E-state index in [0.29, 0.717) is 0 Å². The van der Waals surface area contributed by atoms with Gasteiger partial charge in [-0.05, 0) is 50.3 Å². The van der Waals surface area contributed by atoms with Crippen LogP contribution < -0.4 is 5.32 Å². The molecule has 0 aromatic heterocycles. The highest BCUT2D eigenvalue weighted by Gasteiger charge is 2.11. The van der Waals surface area contributed by atoms with Gasteiger partial charge < -0.3 is 10.1 Å². The minimum atomic E-state index is 0.834. The Labute approximate surface area is 104 Å². The lowest BCUT2D eigenvalue weighted by atomic mass is 9.97. The second kappa shape index (κ2) is 7.46. The van der Waals surface area contributed by atoms with E-state index in [9.17, 15) is 0 Å². The highest BCUT2D eigenvalue weighted by atomic mass is 16.5. The average Bonchev–Trinajstić information content (AvgIpc) is 2.41. The molecule has 1 N–H and O–H groups in total. The van der Waals surface area contributed by atoms with Crippen LogP contribution in [0.5, 0.6) is 0 Å². The number of ether oxygens (including phenoxy) is 1. The van der Waals surface area contributed by atoms with Gasteiger partial charge in [0.1, 0.15) is 0 Å². The molecule has 0 radical (unpaired) electrons. The molecule has 1 unspecified atom stereocenters. The van der Waals surface area contributed by atoms with Gasteiger partial charge in [0.2, 0.25) is 0 Å². The average molecular weight is 233 g/mol. The van der Waals surface area contributed by atoms with Crippen LogP contribution in [0.2, 0.25) is 0 Å². The summed E-state index contributed by atoms with van der Waals surface area (Å²) in [5, 5.41) is 3.45. The van der Waals surface area contributed by atoms with Crippen LogP contribution in [0.4, 0.5) is 0 Å². The van der Waals surface area contributed by atoms with Crippen molar-refractivity contribution in [2.45, 2.75) is 25.7 Å². The summed E-state index contributed by atoms with van der Waals surface area (Å²) >= 11 is 0. The van der Waals surface area contributed by atoms with E-state index in [2.05, 4.69) is 35.6 Å². The van der Waals surface area contributed by atoms with Crippen molar-refractivity contribution in [3.05, 3.63) is 35.9 Å². The maximum Gasteiger partial charge on any atom is 0.0506 e. The van der Waals surface area contributed by atoms with Crippen LogP contribution in [-0.4, -0.2) is 26.3 Å². The number of benzene rings is 1. The summed E-state index contributed by atoms with van der Waals surface area (Å²) in [6.45, 7) is 4.15. The fraction of sp³-hybridized carbons (Fsp3) is 0.600. The maximum absolute atomic E-state index is 5.71. The van der Waals surface area contributed by atoms with Crippen molar-refractivity contribution in [2.24, 2.45) is 5.92 Å². The Bertz CT molecular complexity index is 293. The summed E-state index contributed by atoms with van der Waals surface area (Å²) < 4.78 is 5.71. The van der Waals surface area contributed by atoms with Crippen LogP contribution >= 0.6 is 0 Å². The topological polar surface area (TPSA) is 21.3 Å². The predicted octanol–water partition coefficient (Wildman–Crippen LogP) is 2.64. The van der Waals surface area contributed by atoms with E-state index in [0.717, 1.165) is 25.6 Å². The molecule has 94 valence electrons. The summed E-state index contributed by atoms with van der Waals surface area (Å²) in [6, 6.07) is 10.6. The van der Waals surface area contributed by atoms with Crippen molar-refractivity contribution in [2.75, 3.05) is 26.3 Å². The van der Waals surface area contributed by atoms with E-state index in [1.807, 2.05) is 0 Å². The fourth-order valence-corrected chi connectivity index (χ4v) is 2.36. The normalized spacial score (nSPS) is 20.4. The van der Waals surface area contributed by atoms with Crippen LogP contribution in [0.25, 0.3) is 0 Å². The van der Waals surface area contributed by atoms with E-state index >= 15 is 0 Å². The molecule has 17 heavy (non-hydrogen) atoms. The molecule has 1 aromatic carbocycles. The number of piperidine rings is 1. The molecular formula is C15H23NO.